The molecule has 0 spiro atoms. The van der Waals surface area contributed by atoms with Crippen molar-refractivity contribution in [2.75, 3.05) is 11.3 Å². The van der Waals surface area contributed by atoms with Gasteiger partial charge in [-0.15, -0.1) is 0 Å². The molecule has 2 N–H and O–H groups in total. The minimum absolute atomic E-state index is 0.0309. The minimum Gasteiger partial charge on any atom is -0.396 e. The van der Waals surface area contributed by atoms with Gasteiger partial charge in [0.25, 0.3) is 10.0 Å². The van der Waals surface area contributed by atoms with Crippen LogP contribution in [0.5, 0.6) is 0 Å². The molecule has 0 bridgehead atoms. The molecule has 0 atom stereocenters. The van der Waals surface area contributed by atoms with Crippen molar-refractivity contribution in [1.29, 1.82) is 0 Å². The van der Waals surface area contributed by atoms with Gasteiger partial charge in [-0.1, -0.05) is 35.9 Å². The molecule has 21 heavy (non-hydrogen) atoms. The quantitative estimate of drug-likeness (QED) is 0.888. The Labute approximate surface area is 129 Å². The van der Waals surface area contributed by atoms with Crippen molar-refractivity contribution in [1.82, 2.24) is 0 Å². The van der Waals surface area contributed by atoms with Gasteiger partial charge in [-0.05, 0) is 42.7 Å². The van der Waals surface area contributed by atoms with Crippen molar-refractivity contribution in [2.24, 2.45) is 0 Å². The van der Waals surface area contributed by atoms with E-state index in [1.807, 2.05) is 0 Å². The third-order valence-electron chi connectivity index (χ3n) is 3.09. The van der Waals surface area contributed by atoms with E-state index in [2.05, 4.69) is 4.72 Å². The van der Waals surface area contributed by atoms with Crippen LogP contribution in [0.15, 0.2) is 47.4 Å². The van der Waals surface area contributed by atoms with Crippen LogP contribution in [0, 0.1) is 6.92 Å². The van der Waals surface area contributed by atoms with Crippen LogP contribution in [0.1, 0.15) is 11.1 Å². The first kappa shape index (κ1) is 15.8. The standard InChI is InChI=1S/C15H16ClNO3S/c1-11-3-2-4-14(16)15(11)17-21(19,20)13-7-5-12(6-8-13)9-10-18/h2-8,17-18H,9-10H2,1H3. The van der Waals surface area contributed by atoms with E-state index in [1.54, 1.807) is 37.3 Å². The first-order valence-electron chi connectivity index (χ1n) is 6.42. The summed E-state index contributed by atoms with van der Waals surface area (Å²) in [6.07, 6.45) is 0.497. The van der Waals surface area contributed by atoms with Gasteiger partial charge in [-0.2, -0.15) is 0 Å². The van der Waals surface area contributed by atoms with Crippen LogP contribution in [-0.2, 0) is 16.4 Å². The van der Waals surface area contributed by atoms with E-state index in [4.69, 9.17) is 16.7 Å². The number of rotatable bonds is 5. The number of aliphatic hydroxyl groups excluding tert-OH is 1. The zero-order valence-electron chi connectivity index (χ0n) is 11.5. The SMILES string of the molecule is Cc1cccc(Cl)c1NS(=O)(=O)c1ccc(CCO)cc1. The van der Waals surface area contributed by atoms with Gasteiger partial charge < -0.3 is 5.11 Å². The van der Waals surface area contributed by atoms with Crippen LogP contribution in [-0.4, -0.2) is 20.1 Å². The lowest BCUT2D eigenvalue weighted by Crippen LogP contribution is -2.14. The van der Waals surface area contributed by atoms with E-state index in [1.165, 1.54) is 12.1 Å². The molecule has 0 saturated carbocycles. The molecule has 112 valence electrons. The molecule has 4 nitrogen and oxygen atoms in total. The molecule has 2 aromatic carbocycles. The molecule has 0 aliphatic heterocycles. The highest BCUT2D eigenvalue weighted by Gasteiger charge is 2.16. The second-order valence-electron chi connectivity index (χ2n) is 4.65. The van der Waals surface area contributed by atoms with Crippen LogP contribution >= 0.6 is 11.6 Å². The summed E-state index contributed by atoms with van der Waals surface area (Å²) in [7, 11) is -3.69. The molecule has 0 amide bonds. The fourth-order valence-corrected chi connectivity index (χ4v) is 3.40. The zero-order chi connectivity index (χ0) is 15.5. The number of para-hydroxylation sites is 1. The lowest BCUT2D eigenvalue weighted by atomic mass is 10.2. The first-order chi connectivity index (χ1) is 9.94. The number of aliphatic hydroxyl groups is 1. The number of hydrogen-bond acceptors (Lipinski definition) is 3. The van der Waals surface area contributed by atoms with Crippen LogP contribution < -0.4 is 4.72 Å². The second-order valence-corrected chi connectivity index (χ2v) is 6.74. The predicted molar refractivity (Wildman–Crippen MR) is 84.2 cm³/mol. The average Bonchev–Trinajstić information content (AvgIpc) is 2.44. The Morgan fingerprint density at radius 2 is 1.81 bits per heavy atom. The van der Waals surface area contributed by atoms with E-state index in [0.717, 1.165) is 11.1 Å². The summed E-state index contributed by atoms with van der Waals surface area (Å²) in [5.74, 6) is 0. The number of hydrogen-bond donors (Lipinski definition) is 2. The predicted octanol–water partition coefficient (Wildman–Crippen LogP) is 2.98. The summed E-state index contributed by atoms with van der Waals surface area (Å²) >= 11 is 6.03. The van der Waals surface area contributed by atoms with Gasteiger partial charge in [-0.25, -0.2) is 8.42 Å². The van der Waals surface area contributed by atoms with Crippen molar-refractivity contribution in [2.45, 2.75) is 18.2 Å². The topological polar surface area (TPSA) is 66.4 Å². The number of benzene rings is 2. The summed E-state index contributed by atoms with van der Waals surface area (Å²) in [6.45, 7) is 1.82. The van der Waals surface area contributed by atoms with Crippen molar-refractivity contribution in [3.05, 3.63) is 58.6 Å². The highest BCUT2D eigenvalue weighted by Crippen LogP contribution is 2.27. The molecule has 2 rings (SSSR count). The summed E-state index contributed by atoms with van der Waals surface area (Å²) in [4.78, 5) is 0.156. The number of nitrogens with one attached hydrogen (secondary N) is 1. The normalized spacial score (nSPS) is 11.4. The number of anilines is 1. The highest BCUT2D eigenvalue weighted by molar-refractivity contribution is 7.92. The van der Waals surface area contributed by atoms with Crippen molar-refractivity contribution < 1.29 is 13.5 Å². The van der Waals surface area contributed by atoms with Gasteiger partial charge in [-0.3, -0.25) is 4.72 Å². The molecular weight excluding hydrogens is 310 g/mol. The molecule has 0 aliphatic carbocycles. The zero-order valence-corrected chi connectivity index (χ0v) is 13.1. The van der Waals surface area contributed by atoms with Gasteiger partial charge in [0.2, 0.25) is 0 Å². The van der Waals surface area contributed by atoms with Crippen LogP contribution in [0.4, 0.5) is 5.69 Å². The molecule has 0 heterocycles. The lowest BCUT2D eigenvalue weighted by molar-refractivity contribution is 0.299. The molecule has 6 heteroatoms. The van der Waals surface area contributed by atoms with Crippen molar-refractivity contribution >= 4 is 27.3 Å². The molecule has 2 aromatic rings. The van der Waals surface area contributed by atoms with E-state index < -0.39 is 10.0 Å². The molecular formula is C15H16ClNO3S. The summed E-state index contributed by atoms with van der Waals surface area (Å²) in [6, 6.07) is 11.6. The smallest absolute Gasteiger partial charge is 0.261 e. The number of aryl methyl sites for hydroxylation is 1. The molecule has 0 radical (unpaired) electrons. The molecule has 0 unspecified atom stereocenters. The van der Waals surface area contributed by atoms with E-state index >= 15 is 0 Å². The molecule has 0 fully saturated rings. The summed E-state index contributed by atoms with van der Waals surface area (Å²) < 4.78 is 27.2. The van der Waals surface area contributed by atoms with Gasteiger partial charge in [0.05, 0.1) is 15.6 Å². The largest absolute Gasteiger partial charge is 0.396 e. The van der Waals surface area contributed by atoms with Crippen LogP contribution in [0.25, 0.3) is 0 Å². The first-order valence-corrected chi connectivity index (χ1v) is 8.28. The monoisotopic (exact) mass is 325 g/mol. The molecule has 0 saturated heterocycles. The second kappa shape index (κ2) is 6.47. The Bertz CT molecular complexity index is 707. The van der Waals surface area contributed by atoms with Crippen molar-refractivity contribution in [3.63, 3.8) is 0 Å². The van der Waals surface area contributed by atoms with Crippen LogP contribution in [0.2, 0.25) is 5.02 Å². The van der Waals surface area contributed by atoms with E-state index in [9.17, 15) is 8.42 Å². The number of halogens is 1. The maximum atomic E-state index is 12.4. The van der Waals surface area contributed by atoms with Gasteiger partial charge in [0.1, 0.15) is 0 Å². The van der Waals surface area contributed by atoms with Gasteiger partial charge in [0, 0.05) is 6.61 Å². The summed E-state index contributed by atoms with van der Waals surface area (Å²) in [5.41, 5.74) is 2.02. The maximum Gasteiger partial charge on any atom is 0.261 e. The minimum atomic E-state index is -3.69. The Morgan fingerprint density at radius 1 is 1.14 bits per heavy atom. The number of sulfonamides is 1. The Balaban J connectivity index is 2.30. The molecule has 0 aromatic heterocycles. The summed E-state index contributed by atoms with van der Waals surface area (Å²) in [5, 5.41) is 9.22. The van der Waals surface area contributed by atoms with Gasteiger partial charge in [0.15, 0.2) is 0 Å². The maximum absolute atomic E-state index is 12.4. The Morgan fingerprint density at radius 3 is 2.38 bits per heavy atom. The lowest BCUT2D eigenvalue weighted by Gasteiger charge is -2.12. The van der Waals surface area contributed by atoms with E-state index in [0.29, 0.717) is 17.1 Å². The Hall–Kier alpha value is -1.56. The van der Waals surface area contributed by atoms with Crippen molar-refractivity contribution in [3.8, 4) is 0 Å². The van der Waals surface area contributed by atoms with E-state index in [-0.39, 0.29) is 11.5 Å². The van der Waals surface area contributed by atoms with Crippen LogP contribution in [0.3, 0.4) is 0 Å². The fourth-order valence-electron chi connectivity index (χ4n) is 1.92. The third-order valence-corrected chi connectivity index (χ3v) is 4.77. The average molecular weight is 326 g/mol. The third kappa shape index (κ3) is 3.75. The van der Waals surface area contributed by atoms with Gasteiger partial charge >= 0.3 is 0 Å². The fraction of sp³-hybridized carbons (Fsp3) is 0.200. The Kier molecular flexibility index (Phi) is 4.88. The molecule has 0 aliphatic rings. The highest BCUT2D eigenvalue weighted by atomic mass is 35.5.